The van der Waals surface area contributed by atoms with E-state index in [1.165, 1.54) is 122 Å². The summed E-state index contributed by atoms with van der Waals surface area (Å²) >= 11 is 0. The van der Waals surface area contributed by atoms with Crippen LogP contribution in [0.15, 0.2) is 12.2 Å². The zero-order valence-electron chi connectivity index (χ0n) is 35.0. The first kappa shape index (κ1) is 52.4. The number of allylic oxidation sites excluding steroid dienone is 2. The van der Waals surface area contributed by atoms with Gasteiger partial charge in [0.1, 0.15) is 36.8 Å². The molecule has 0 aromatic heterocycles. The van der Waals surface area contributed by atoms with Crippen molar-refractivity contribution in [1.29, 1.82) is 0 Å². The number of aliphatic hydroxyl groups is 3. The van der Waals surface area contributed by atoms with E-state index in [0.29, 0.717) is 12.8 Å². The van der Waals surface area contributed by atoms with Gasteiger partial charge >= 0.3 is 11.9 Å². The fraction of sp³-hybridized carbons (Fsp3) is 0.907. The molecule has 1 saturated heterocycles. The molecule has 0 amide bonds. The van der Waals surface area contributed by atoms with Crippen LogP contribution in [0.4, 0.5) is 0 Å². The Morgan fingerprint density at radius 3 is 1.55 bits per heavy atom. The molecular formula is C43H80O12S. The van der Waals surface area contributed by atoms with Gasteiger partial charge in [0.2, 0.25) is 0 Å². The molecule has 0 bridgehead atoms. The van der Waals surface area contributed by atoms with E-state index in [2.05, 4.69) is 19.9 Å². The van der Waals surface area contributed by atoms with Crippen molar-refractivity contribution >= 4 is 22.1 Å². The van der Waals surface area contributed by atoms with E-state index >= 15 is 0 Å². The molecule has 6 atom stereocenters. The fourth-order valence-corrected chi connectivity index (χ4v) is 7.56. The molecule has 0 saturated carbocycles. The Kier molecular flexibility index (Phi) is 32.1. The van der Waals surface area contributed by atoms with Crippen LogP contribution in [0, 0.1) is 0 Å². The highest BCUT2D eigenvalue weighted by molar-refractivity contribution is 7.85. The minimum atomic E-state index is -4.60. The maximum Gasteiger partial charge on any atom is 0.306 e. The molecule has 0 aromatic rings. The van der Waals surface area contributed by atoms with Crippen LogP contribution in [-0.2, 0) is 38.7 Å². The highest BCUT2D eigenvalue weighted by Crippen LogP contribution is 2.24. The van der Waals surface area contributed by atoms with Gasteiger partial charge in [0.15, 0.2) is 12.4 Å². The number of hydrogen-bond acceptors (Lipinski definition) is 11. The third-order valence-electron chi connectivity index (χ3n) is 10.4. The number of ether oxygens (including phenoxy) is 4. The topological polar surface area (TPSA) is 186 Å². The average Bonchev–Trinajstić information content (AvgIpc) is 3.16. The Bertz CT molecular complexity index is 1100. The molecule has 0 aromatic carbocycles. The third-order valence-corrected chi connectivity index (χ3v) is 11.1. The highest BCUT2D eigenvalue weighted by Gasteiger charge is 2.46. The Balaban J connectivity index is 2.47. The van der Waals surface area contributed by atoms with E-state index in [1.807, 2.05) is 6.08 Å². The Morgan fingerprint density at radius 1 is 0.589 bits per heavy atom. The molecule has 13 heteroatoms. The molecule has 1 fully saturated rings. The van der Waals surface area contributed by atoms with Crippen LogP contribution in [-0.4, -0.2) is 96.0 Å². The van der Waals surface area contributed by atoms with Crippen LogP contribution >= 0.6 is 0 Å². The summed E-state index contributed by atoms with van der Waals surface area (Å²) in [6.45, 7) is 3.73. The van der Waals surface area contributed by atoms with Gasteiger partial charge in [0.25, 0.3) is 10.1 Å². The fourth-order valence-electron chi connectivity index (χ4n) is 6.87. The minimum Gasteiger partial charge on any atom is -0.462 e. The van der Waals surface area contributed by atoms with Gasteiger partial charge in [-0.1, -0.05) is 167 Å². The number of esters is 2. The van der Waals surface area contributed by atoms with Gasteiger partial charge in [-0.25, -0.2) is 0 Å². The van der Waals surface area contributed by atoms with Gasteiger partial charge in [0.05, 0.1) is 6.61 Å². The highest BCUT2D eigenvalue weighted by atomic mass is 32.2. The summed E-state index contributed by atoms with van der Waals surface area (Å²) in [5, 5.41) is 30.8. The minimum absolute atomic E-state index is 0.0854. The van der Waals surface area contributed by atoms with E-state index < -0.39 is 71.2 Å². The first-order valence-electron chi connectivity index (χ1n) is 22.2. The van der Waals surface area contributed by atoms with Crippen LogP contribution in [0.5, 0.6) is 0 Å². The number of carbonyl (C=O) groups is 2. The molecule has 1 heterocycles. The quantitative estimate of drug-likeness (QED) is 0.0203. The lowest BCUT2D eigenvalue weighted by Crippen LogP contribution is -2.60. The summed E-state index contributed by atoms with van der Waals surface area (Å²) in [4.78, 5) is 25.3. The van der Waals surface area contributed by atoms with Crippen LogP contribution in [0.1, 0.15) is 194 Å². The normalized spacial score (nSPS) is 20.7. The monoisotopic (exact) mass is 821 g/mol. The van der Waals surface area contributed by atoms with E-state index in [0.717, 1.165) is 32.1 Å². The average molecular weight is 821 g/mol. The SMILES string of the molecule is CCCCCCCCCCCCC/C=C/CCC(=O)O[C@H](COC(=O)CCCCCCCCCCCCCCC)CO[C@H]1O[C@H](CS(=O)(=O)O)[C@@H](O)C(O)C1O. The second kappa shape index (κ2) is 34.3. The molecule has 0 radical (unpaired) electrons. The number of aliphatic hydroxyl groups excluding tert-OH is 3. The predicted molar refractivity (Wildman–Crippen MR) is 220 cm³/mol. The summed E-state index contributed by atoms with van der Waals surface area (Å²) < 4.78 is 53.9. The molecule has 330 valence electrons. The molecule has 0 aliphatic carbocycles. The van der Waals surface area contributed by atoms with Crippen LogP contribution in [0.3, 0.4) is 0 Å². The van der Waals surface area contributed by atoms with Crippen molar-refractivity contribution in [2.24, 2.45) is 0 Å². The lowest BCUT2D eigenvalue weighted by Gasteiger charge is -2.40. The lowest BCUT2D eigenvalue weighted by atomic mass is 10.00. The molecule has 1 rings (SSSR count). The van der Waals surface area contributed by atoms with E-state index in [4.69, 9.17) is 18.9 Å². The number of hydrogen-bond donors (Lipinski definition) is 4. The molecule has 2 unspecified atom stereocenters. The Hall–Kier alpha value is -1.61. The Morgan fingerprint density at radius 2 is 1.05 bits per heavy atom. The summed E-state index contributed by atoms with van der Waals surface area (Å²) in [7, 11) is -4.60. The lowest BCUT2D eigenvalue weighted by molar-refractivity contribution is -0.297. The van der Waals surface area contributed by atoms with Gasteiger partial charge in [-0.2, -0.15) is 8.42 Å². The predicted octanol–water partition coefficient (Wildman–Crippen LogP) is 8.67. The summed E-state index contributed by atoms with van der Waals surface area (Å²) in [5.74, 6) is -2.03. The van der Waals surface area contributed by atoms with E-state index in [9.17, 15) is 37.9 Å². The second-order valence-corrected chi connectivity index (χ2v) is 17.2. The van der Waals surface area contributed by atoms with Crippen molar-refractivity contribution in [3.8, 4) is 0 Å². The number of unbranched alkanes of at least 4 members (excludes halogenated alkanes) is 23. The molecule has 56 heavy (non-hydrogen) atoms. The van der Waals surface area contributed by atoms with Crippen molar-refractivity contribution in [2.75, 3.05) is 19.0 Å². The first-order chi connectivity index (χ1) is 27.0. The van der Waals surface area contributed by atoms with Gasteiger partial charge in [0, 0.05) is 12.8 Å². The van der Waals surface area contributed by atoms with Crippen molar-refractivity contribution in [3.05, 3.63) is 12.2 Å². The van der Waals surface area contributed by atoms with E-state index in [1.54, 1.807) is 0 Å². The second-order valence-electron chi connectivity index (χ2n) is 15.7. The zero-order chi connectivity index (χ0) is 41.3. The molecule has 0 spiro atoms. The van der Waals surface area contributed by atoms with Gasteiger partial charge in [-0.15, -0.1) is 0 Å². The summed E-state index contributed by atoms with van der Waals surface area (Å²) in [6, 6.07) is 0. The van der Waals surface area contributed by atoms with Gasteiger partial charge in [-0.3, -0.25) is 14.1 Å². The molecule has 12 nitrogen and oxygen atoms in total. The standard InChI is InChI=1S/C43H80O12S/c1-3-5-7-9-11-13-15-17-18-20-22-24-26-28-30-32-39(45)54-36(34-53-43-42(48)41(47)40(46)37(55-43)35-56(49,50)51)33-52-38(44)31-29-27-25-23-21-19-16-14-12-10-8-6-4-2/h26,28,36-37,40-43,46-48H,3-25,27,29-35H2,1-2H3,(H,49,50,51)/b28-26+/t36-,37-,40-,41?,42?,43+/m1/s1. The number of carbonyl (C=O) groups excluding carboxylic acids is 2. The van der Waals surface area contributed by atoms with E-state index in [-0.39, 0.29) is 19.4 Å². The largest absolute Gasteiger partial charge is 0.462 e. The van der Waals surface area contributed by atoms with Crippen molar-refractivity contribution in [2.45, 2.75) is 230 Å². The number of rotatable bonds is 37. The molecule has 1 aliphatic heterocycles. The van der Waals surface area contributed by atoms with Crippen molar-refractivity contribution in [3.63, 3.8) is 0 Å². The molecular weight excluding hydrogens is 741 g/mol. The van der Waals surface area contributed by atoms with Crippen molar-refractivity contribution in [1.82, 2.24) is 0 Å². The maximum atomic E-state index is 12.8. The maximum absolute atomic E-state index is 12.8. The van der Waals surface area contributed by atoms with Gasteiger partial charge in [-0.05, 0) is 25.7 Å². The summed E-state index contributed by atoms with van der Waals surface area (Å²) in [5.41, 5.74) is 0. The molecule has 1 aliphatic rings. The molecule has 4 N–H and O–H groups in total. The van der Waals surface area contributed by atoms with Crippen LogP contribution in [0.2, 0.25) is 0 Å². The third kappa shape index (κ3) is 28.7. The van der Waals surface area contributed by atoms with Crippen LogP contribution < -0.4 is 0 Å². The smallest absolute Gasteiger partial charge is 0.306 e. The zero-order valence-corrected chi connectivity index (χ0v) is 35.8. The Labute approximate surface area is 339 Å². The van der Waals surface area contributed by atoms with Gasteiger partial charge < -0.3 is 34.3 Å². The summed E-state index contributed by atoms with van der Waals surface area (Å²) in [6.07, 6.45) is 25.6. The van der Waals surface area contributed by atoms with Crippen molar-refractivity contribution < 1.29 is 56.8 Å². The first-order valence-corrected chi connectivity index (χ1v) is 23.9. The van der Waals surface area contributed by atoms with Crippen LogP contribution in [0.25, 0.3) is 0 Å².